The van der Waals surface area contributed by atoms with Crippen molar-refractivity contribution in [3.63, 3.8) is 0 Å². The van der Waals surface area contributed by atoms with Gasteiger partial charge in [-0.15, -0.1) is 11.3 Å². The zero-order chi connectivity index (χ0) is 33.7. The molecule has 0 saturated heterocycles. The second kappa shape index (κ2) is 12.2. The molecule has 0 unspecified atom stereocenters. The Morgan fingerprint density at radius 3 is 1.84 bits per heavy atom. The molecule has 10 aromatic rings. The van der Waals surface area contributed by atoms with Gasteiger partial charge in [0.15, 0.2) is 0 Å². The highest BCUT2D eigenvalue weighted by atomic mass is 32.1. The van der Waals surface area contributed by atoms with E-state index in [0.717, 1.165) is 44.6 Å². The minimum atomic E-state index is 0.867. The maximum Gasteiger partial charge on any atom is 0.137 e. The number of benzene rings is 8. The van der Waals surface area contributed by atoms with E-state index in [0.29, 0.717) is 0 Å². The van der Waals surface area contributed by atoms with Crippen LogP contribution in [0.5, 0.6) is 0 Å². The fraction of sp³-hybridized carbons (Fsp3) is 0. The van der Waals surface area contributed by atoms with Crippen molar-refractivity contribution >= 4 is 70.5 Å². The van der Waals surface area contributed by atoms with E-state index in [9.17, 15) is 0 Å². The third-order valence-corrected chi connectivity index (χ3v) is 11.0. The lowest BCUT2D eigenvalue weighted by atomic mass is 9.93. The maximum atomic E-state index is 6.49. The van der Waals surface area contributed by atoms with E-state index in [1.54, 1.807) is 0 Å². The zero-order valence-electron chi connectivity index (χ0n) is 27.7. The molecule has 0 saturated carbocycles. The van der Waals surface area contributed by atoms with Crippen molar-refractivity contribution in [3.05, 3.63) is 188 Å². The fourth-order valence-corrected chi connectivity index (χ4v) is 8.65. The minimum Gasteiger partial charge on any atom is -0.456 e. The first-order valence-electron chi connectivity index (χ1n) is 17.3. The SMILES string of the molecule is c1ccc(-c2ccc(-c3c(N(c4ccc5c(c4)oc4ccccc45)c4ccccc4-c4ccccc4)ccc4sc5ccccc5c34)cc2)cc1. The molecule has 0 atom stereocenters. The fourth-order valence-electron chi connectivity index (χ4n) is 7.54. The Labute approximate surface area is 300 Å². The standard InChI is InChI=1S/C48H31NOS/c1-3-13-32(14-4-1)33-23-25-35(26-24-33)47-42(29-30-46-48(47)40-19-9-12-22-45(40)51-46)49(41-20-10-7-17-37(41)34-15-5-2-6-16-34)36-27-28-39-38-18-8-11-21-43(38)50-44(39)31-36/h1-31H. The minimum absolute atomic E-state index is 0.867. The van der Waals surface area contributed by atoms with Gasteiger partial charge in [0.2, 0.25) is 0 Å². The van der Waals surface area contributed by atoms with Crippen LogP contribution in [-0.4, -0.2) is 0 Å². The van der Waals surface area contributed by atoms with Crippen molar-refractivity contribution in [2.24, 2.45) is 0 Å². The zero-order valence-corrected chi connectivity index (χ0v) is 28.5. The summed E-state index contributed by atoms with van der Waals surface area (Å²) in [5, 5.41) is 4.78. The van der Waals surface area contributed by atoms with Crippen LogP contribution in [0.3, 0.4) is 0 Å². The summed E-state index contributed by atoms with van der Waals surface area (Å²) in [6, 6.07) is 67.5. The van der Waals surface area contributed by atoms with Crippen LogP contribution in [0.1, 0.15) is 0 Å². The van der Waals surface area contributed by atoms with Crippen molar-refractivity contribution in [1.29, 1.82) is 0 Å². The topological polar surface area (TPSA) is 16.4 Å². The Morgan fingerprint density at radius 1 is 0.392 bits per heavy atom. The third kappa shape index (κ3) is 5.01. The van der Waals surface area contributed by atoms with E-state index in [4.69, 9.17) is 4.42 Å². The van der Waals surface area contributed by atoms with Crippen molar-refractivity contribution in [2.75, 3.05) is 4.90 Å². The normalized spacial score (nSPS) is 11.5. The molecule has 51 heavy (non-hydrogen) atoms. The molecular formula is C48H31NOS. The van der Waals surface area contributed by atoms with Crippen molar-refractivity contribution in [3.8, 4) is 33.4 Å². The van der Waals surface area contributed by atoms with Gasteiger partial charge in [-0.1, -0.05) is 140 Å². The van der Waals surface area contributed by atoms with Gasteiger partial charge in [0.25, 0.3) is 0 Å². The van der Waals surface area contributed by atoms with Crippen LogP contribution in [-0.2, 0) is 0 Å². The lowest BCUT2D eigenvalue weighted by Crippen LogP contribution is -2.12. The monoisotopic (exact) mass is 669 g/mol. The van der Waals surface area contributed by atoms with E-state index in [1.165, 1.54) is 48.0 Å². The Morgan fingerprint density at radius 2 is 1.02 bits per heavy atom. The maximum absolute atomic E-state index is 6.49. The second-order valence-electron chi connectivity index (χ2n) is 12.9. The van der Waals surface area contributed by atoms with Gasteiger partial charge in [0.1, 0.15) is 11.2 Å². The highest BCUT2D eigenvalue weighted by Crippen LogP contribution is 2.50. The van der Waals surface area contributed by atoms with Crippen LogP contribution in [0.15, 0.2) is 192 Å². The summed E-state index contributed by atoms with van der Waals surface area (Å²) in [6.07, 6.45) is 0. The molecule has 0 bridgehead atoms. The molecule has 0 fully saturated rings. The summed E-state index contributed by atoms with van der Waals surface area (Å²) in [7, 11) is 0. The smallest absolute Gasteiger partial charge is 0.137 e. The highest BCUT2D eigenvalue weighted by molar-refractivity contribution is 7.26. The number of rotatable bonds is 6. The van der Waals surface area contributed by atoms with E-state index >= 15 is 0 Å². The average Bonchev–Trinajstić information content (AvgIpc) is 3.77. The Bertz CT molecular complexity index is 2850. The van der Waals surface area contributed by atoms with Gasteiger partial charge in [0.05, 0.1) is 11.4 Å². The Hall–Kier alpha value is -6.42. The molecule has 240 valence electrons. The van der Waals surface area contributed by atoms with Crippen molar-refractivity contribution in [1.82, 2.24) is 0 Å². The molecule has 8 aromatic carbocycles. The average molecular weight is 670 g/mol. The third-order valence-electron chi connectivity index (χ3n) is 9.89. The van der Waals surface area contributed by atoms with E-state index in [2.05, 4.69) is 181 Å². The second-order valence-corrected chi connectivity index (χ2v) is 14.0. The number of para-hydroxylation sites is 2. The Kier molecular flexibility index (Phi) is 7.04. The molecule has 2 nitrogen and oxygen atoms in total. The largest absolute Gasteiger partial charge is 0.456 e. The summed E-state index contributed by atoms with van der Waals surface area (Å²) < 4.78 is 9.04. The van der Waals surface area contributed by atoms with Crippen molar-refractivity contribution in [2.45, 2.75) is 0 Å². The number of anilines is 3. The summed E-state index contributed by atoms with van der Waals surface area (Å²) in [4.78, 5) is 2.43. The number of nitrogens with zero attached hydrogens (tertiary/aromatic N) is 1. The highest BCUT2D eigenvalue weighted by Gasteiger charge is 2.24. The van der Waals surface area contributed by atoms with Gasteiger partial charge >= 0.3 is 0 Å². The van der Waals surface area contributed by atoms with Gasteiger partial charge in [0, 0.05) is 53.8 Å². The quantitative estimate of drug-likeness (QED) is 0.175. The van der Waals surface area contributed by atoms with Crippen LogP contribution in [0.25, 0.3) is 75.5 Å². The molecule has 2 aromatic heterocycles. The molecule has 0 aliphatic rings. The lowest BCUT2D eigenvalue weighted by molar-refractivity contribution is 0.669. The predicted molar refractivity (Wildman–Crippen MR) is 218 cm³/mol. The summed E-state index contributed by atoms with van der Waals surface area (Å²) in [5.74, 6) is 0. The van der Waals surface area contributed by atoms with Gasteiger partial charge in [-0.25, -0.2) is 0 Å². The summed E-state index contributed by atoms with van der Waals surface area (Å²) in [5.41, 5.74) is 12.1. The number of hydrogen-bond donors (Lipinski definition) is 0. The van der Waals surface area contributed by atoms with Crippen LogP contribution in [0.2, 0.25) is 0 Å². The molecule has 0 aliphatic carbocycles. The number of hydrogen-bond acceptors (Lipinski definition) is 3. The molecule has 0 amide bonds. The summed E-state index contributed by atoms with van der Waals surface area (Å²) in [6.45, 7) is 0. The summed E-state index contributed by atoms with van der Waals surface area (Å²) >= 11 is 1.85. The van der Waals surface area contributed by atoms with E-state index in [-0.39, 0.29) is 0 Å². The Balaban J connectivity index is 1.28. The van der Waals surface area contributed by atoms with Crippen molar-refractivity contribution < 1.29 is 4.42 Å². The molecule has 2 heterocycles. The number of fused-ring (bicyclic) bond motifs is 6. The molecule has 10 rings (SSSR count). The molecule has 0 spiro atoms. The van der Waals surface area contributed by atoms with Crippen LogP contribution in [0.4, 0.5) is 17.1 Å². The van der Waals surface area contributed by atoms with Gasteiger partial charge in [-0.2, -0.15) is 0 Å². The van der Waals surface area contributed by atoms with Crippen LogP contribution >= 0.6 is 11.3 Å². The van der Waals surface area contributed by atoms with Gasteiger partial charge in [-0.05, 0) is 64.7 Å². The van der Waals surface area contributed by atoms with E-state index < -0.39 is 0 Å². The van der Waals surface area contributed by atoms with E-state index in [1.807, 2.05) is 23.5 Å². The predicted octanol–water partition coefficient (Wildman–Crippen LogP) is 14.4. The van der Waals surface area contributed by atoms with Gasteiger partial charge < -0.3 is 9.32 Å². The van der Waals surface area contributed by atoms with Crippen LogP contribution in [0, 0.1) is 0 Å². The van der Waals surface area contributed by atoms with Crippen LogP contribution < -0.4 is 4.90 Å². The lowest BCUT2D eigenvalue weighted by Gasteiger charge is -2.30. The molecule has 0 radical (unpaired) electrons. The van der Waals surface area contributed by atoms with Gasteiger partial charge in [-0.3, -0.25) is 0 Å². The molecular weight excluding hydrogens is 639 g/mol. The molecule has 3 heteroatoms. The molecule has 0 aliphatic heterocycles. The first-order valence-corrected chi connectivity index (χ1v) is 18.1. The molecule has 0 N–H and O–H groups in total. The number of thiophene rings is 1. The number of furan rings is 1. The first kappa shape index (κ1) is 29.5. The first-order chi connectivity index (χ1) is 25.3.